The van der Waals surface area contributed by atoms with Gasteiger partial charge in [0.25, 0.3) is 0 Å². The molecular weight excluding hydrogens is 436 g/mol. The molecule has 0 saturated heterocycles. The normalized spacial score (nSPS) is 18.3. The van der Waals surface area contributed by atoms with Gasteiger partial charge in [0, 0.05) is 33.1 Å². The topological polar surface area (TPSA) is 17.0 Å². The summed E-state index contributed by atoms with van der Waals surface area (Å²) in [6.07, 6.45) is 9.32. The van der Waals surface area contributed by atoms with Gasteiger partial charge in [-0.2, -0.15) is 0 Å². The third kappa shape index (κ3) is 3.10. The highest BCUT2D eigenvalue weighted by Crippen LogP contribution is 2.49. The van der Waals surface area contributed by atoms with Crippen molar-refractivity contribution in [1.29, 1.82) is 0 Å². The van der Waals surface area contributed by atoms with E-state index in [9.17, 15) is 0 Å². The molecule has 0 bridgehead atoms. The second-order valence-corrected chi connectivity index (χ2v) is 10.6. The van der Waals surface area contributed by atoms with Gasteiger partial charge in [-0.15, -0.1) is 0 Å². The van der Waals surface area contributed by atoms with Gasteiger partial charge in [-0.25, -0.2) is 0 Å². The molecule has 1 unspecified atom stereocenters. The standard InChI is InChI=1S/C34H30N2/c1-34(2)31-29(35-33(34)24-14-7-4-8-15-24)21-20-28-27-18-9-10-19-30(27)36(32(28)31)26-17-11-16-25(22-26)23-12-5-3-6-13-23/h3,5-7,9-22,33,35H,4,8H2,1-2H3. The van der Waals surface area contributed by atoms with E-state index >= 15 is 0 Å². The Kier molecular flexibility index (Phi) is 4.72. The van der Waals surface area contributed by atoms with E-state index in [0.717, 1.165) is 12.8 Å². The van der Waals surface area contributed by atoms with Crippen molar-refractivity contribution in [3.63, 3.8) is 0 Å². The number of benzene rings is 4. The lowest BCUT2D eigenvalue weighted by Gasteiger charge is -2.30. The zero-order valence-corrected chi connectivity index (χ0v) is 20.8. The van der Waals surface area contributed by atoms with E-state index in [1.165, 1.54) is 55.4 Å². The van der Waals surface area contributed by atoms with Gasteiger partial charge in [0.05, 0.1) is 17.1 Å². The van der Waals surface area contributed by atoms with Crippen molar-refractivity contribution in [2.24, 2.45) is 0 Å². The van der Waals surface area contributed by atoms with Crippen LogP contribution in [0.15, 0.2) is 115 Å². The quantitative estimate of drug-likeness (QED) is 0.281. The first kappa shape index (κ1) is 21.3. The highest BCUT2D eigenvalue weighted by molar-refractivity contribution is 6.12. The van der Waals surface area contributed by atoms with Crippen LogP contribution in [0.1, 0.15) is 32.3 Å². The fourth-order valence-corrected chi connectivity index (χ4v) is 6.38. The van der Waals surface area contributed by atoms with Crippen molar-refractivity contribution in [2.45, 2.75) is 38.1 Å². The van der Waals surface area contributed by atoms with E-state index < -0.39 is 0 Å². The predicted molar refractivity (Wildman–Crippen MR) is 153 cm³/mol. The predicted octanol–water partition coefficient (Wildman–Crippen LogP) is 8.80. The maximum absolute atomic E-state index is 3.91. The number of hydrogen-bond donors (Lipinski definition) is 1. The average molecular weight is 467 g/mol. The number of fused-ring (bicyclic) bond motifs is 5. The summed E-state index contributed by atoms with van der Waals surface area (Å²) in [4.78, 5) is 0. The fraction of sp³-hybridized carbons (Fsp3) is 0.176. The van der Waals surface area contributed by atoms with Crippen molar-refractivity contribution < 1.29 is 0 Å². The lowest BCUT2D eigenvalue weighted by atomic mass is 9.76. The number of nitrogens with one attached hydrogen (secondary N) is 1. The van der Waals surface area contributed by atoms with Gasteiger partial charge in [-0.1, -0.05) is 98.8 Å². The minimum Gasteiger partial charge on any atom is -0.377 e. The van der Waals surface area contributed by atoms with E-state index in [0.29, 0.717) is 0 Å². The molecule has 5 aromatic rings. The molecule has 0 fully saturated rings. The Morgan fingerprint density at radius 1 is 0.778 bits per heavy atom. The number of para-hydroxylation sites is 1. The molecule has 1 aromatic heterocycles. The van der Waals surface area contributed by atoms with Crippen molar-refractivity contribution in [1.82, 2.24) is 4.57 Å². The van der Waals surface area contributed by atoms with Gasteiger partial charge < -0.3 is 9.88 Å². The summed E-state index contributed by atoms with van der Waals surface area (Å²) in [6, 6.07) is 33.3. The van der Waals surface area contributed by atoms with E-state index in [4.69, 9.17) is 0 Å². The van der Waals surface area contributed by atoms with Gasteiger partial charge in [0.1, 0.15) is 0 Å². The van der Waals surface area contributed by atoms with Crippen LogP contribution in [0.3, 0.4) is 0 Å². The first-order valence-electron chi connectivity index (χ1n) is 13.0. The maximum atomic E-state index is 3.91. The zero-order chi connectivity index (χ0) is 24.3. The molecule has 1 aliphatic heterocycles. The van der Waals surface area contributed by atoms with Crippen LogP contribution < -0.4 is 5.32 Å². The lowest BCUT2D eigenvalue weighted by molar-refractivity contribution is 0.507. The molecule has 0 radical (unpaired) electrons. The summed E-state index contributed by atoms with van der Waals surface area (Å²) in [6.45, 7) is 4.81. The minimum atomic E-state index is -0.0640. The largest absolute Gasteiger partial charge is 0.377 e. The van der Waals surface area contributed by atoms with Crippen molar-refractivity contribution in [2.75, 3.05) is 5.32 Å². The van der Waals surface area contributed by atoms with E-state index in [1.54, 1.807) is 0 Å². The van der Waals surface area contributed by atoms with E-state index in [2.05, 4.69) is 133 Å². The molecule has 2 heteroatoms. The summed E-state index contributed by atoms with van der Waals surface area (Å²) in [5, 5.41) is 6.53. The van der Waals surface area contributed by atoms with Gasteiger partial charge >= 0.3 is 0 Å². The first-order chi connectivity index (χ1) is 17.6. The second-order valence-electron chi connectivity index (χ2n) is 10.6. The van der Waals surface area contributed by atoms with Crippen LogP contribution in [-0.4, -0.2) is 10.6 Å². The summed E-state index contributed by atoms with van der Waals surface area (Å²) in [5.41, 5.74) is 10.2. The SMILES string of the molecule is CC1(C)c2c(ccc3c4ccccc4n(-c4cccc(-c5ccccc5)c4)c23)NC1C1=CCCC=C1. The number of nitrogens with zero attached hydrogens (tertiary/aromatic N) is 1. The Hall–Kier alpha value is -4.04. The summed E-state index contributed by atoms with van der Waals surface area (Å²) in [5.74, 6) is 0. The van der Waals surface area contributed by atoms with Crippen molar-refractivity contribution in [3.8, 4) is 16.8 Å². The molecular formula is C34H30N2. The van der Waals surface area contributed by atoms with Crippen LogP contribution in [0, 0.1) is 0 Å². The number of aromatic nitrogens is 1. The second kappa shape index (κ2) is 7.99. The highest BCUT2D eigenvalue weighted by atomic mass is 15.0. The molecule has 36 heavy (non-hydrogen) atoms. The number of hydrogen-bond acceptors (Lipinski definition) is 1. The maximum Gasteiger partial charge on any atom is 0.0603 e. The Morgan fingerprint density at radius 3 is 2.42 bits per heavy atom. The average Bonchev–Trinajstić information content (AvgIpc) is 3.40. The first-order valence-corrected chi connectivity index (χ1v) is 13.0. The van der Waals surface area contributed by atoms with E-state index in [1.807, 2.05) is 0 Å². The van der Waals surface area contributed by atoms with Gasteiger partial charge in [-0.3, -0.25) is 0 Å². The Labute approximate surface area is 212 Å². The van der Waals surface area contributed by atoms with E-state index in [-0.39, 0.29) is 11.5 Å². The molecule has 0 spiro atoms. The molecule has 1 atom stereocenters. The third-order valence-electron chi connectivity index (χ3n) is 8.07. The lowest BCUT2D eigenvalue weighted by Crippen LogP contribution is -2.35. The summed E-state index contributed by atoms with van der Waals surface area (Å²) < 4.78 is 2.49. The molecule has 1 aliphatic carbocycles. The number of anilines is 1. The molecule has 2 heterocycles. The molecule has 2 nitrogen and oxygen atoms in total. The summed E-state index contributed by atoms with van der Waals surface area (Å²) >= 11 is 0. The van der Waals surface area contributed by atoms with Crippen molar-refractivity contribution >= 4 is 27.5 Å². The molecule has 0 amide bonds. The molecule has 1 N–H and O–H groups in total. The summed E-state index contributed by atoms with van der Waals surface area (Å²) in [7, 11) is 0. The third-order valence-corrected chi connectivity index (χ3v) is 8.07. The van der Waals surface area contributed by atoms with Crippen molar-refractivity contribution in [3.05, 3.63) is 120 Å². The van der Waals surface area contributed by atoms with Gasteiger partial charge in [-0.05, 0) is 53.8 Å². The number of allylic oxidation sites excluding steroid dienone is 2. The van der Waals surface area contributed by atoms with Gasteiger partial charge in [0.2, 0.25) is 0 Å². The molecule has 2 aliphatic rings. The van der Waals surface area contributed by atoms with Crippen LogP contribution in [0.2, 0.25) is 0 Å². The molecule has 7 rings (SSSR count). The fourth-order valence-electron chi connectivity index (χ4n) is 6.38. The number of rotatable bonds is 3. The van der Waals surface area contributed by atoms with Crippen LogP contribution in [0.5, 0.6) is 0 Å². The monoisotopic (exact) mass is 466 g/mol. The minimum absolute atomic E-state index is 0.0640. The van der Waals surface area contributed by atoms with Crippen LogP contribution >= 0.6 is 0 Å². The van der Waals surface area contributed by atoms with Crippen LogP contribution in [0.4, 0.5) is 5.69 Å². The smallest absolute Gasteiger partial charge is 0.0603 e. The molecule has 176 valence electrons. The highest BCUT2D eigenvalue weighted by Gasteiger charge is 2.43. The van der Waals surface area contributed by atoms with Crippen LogP contribution in [-0.2, 0) is 5.41 Å². The Balaban J connectivity index is 1.51. The Bertz CT molecular complexity index is 1680. The van der Waals surface area contributed by atoms with Gasteiger partial charge in [0.15, 0.2) is 0 Å². The molecule has 4 aromatic carbocycles. The Morgan fingerprint density at radius 2 is 1.58 bits per heavy atom. The van der Waals surface area contributed by atoms with Crippen LogP contribution in [0.25, 0.3) is 38.6 Å². The molecule has 0 saturated carbocycles. The zero-order valence-electron chi connectivity index (χ0n) is 20.8.